The summed E-state index contributed by atoms with van der Waals surface area (Å²) in [4.78, 5) is 1.89. The molecule has 0 radical (unpaired) electrons. The van der Waals surface area contributed by atoms with Crippen LogP contribution in [0.4, 0.5) is 0 Å². The maximum atomic E-state index is 6.84. The van der Waals surface area contributed by atoms with E-state index in [-0.39, 0.29) is 0 Å². The molecule has 0 aliphatic carbocycles. The predicted molar refractivity (Wildman–Crippen MR) is 36.3 cm³/mol. The minimum Gasteiger partial charge on any atom is -0.364 e. The summed E-state index contributed by atoms with van der Waals surface area (Å²) >= 11 is 0. The molecule has 0 amide bonds. The van der Waals surface area contributed by atoms with E-state index in [1.165, 1.54) is 6.34 Å². The Hall–Kier alpha value is -0.530. The molecule has 0 aromatic rings. The highest BCUT2D eigenvalue weighted by atomic mass is 15.1. The lowest BCUT2D eigenvalue weighted by Gasteiger charge is -2.19. The van der Waals surface area contributed by atoms with Gasteiger partial charge in [-0.3, -0.25) is 5.41 Å². The van der Waals surface area contributed by atoms with E-state index in [9.17, 15) is 0 Å². The zero-order valence-electron chi connectivity index (χ0n) is 5.81. The summed E-state index contributed by atoms with van der Waals surface area (Å²) in [5.41, 5.74) is 0. The Morgan fingerprint density at radius 1 is 1.75 bits per heavy atom. The second-order valence-corrected chi connectivity index (χ2v) is 2.05. The van der Waals surface area contributed by atoms with Gasteiger partial charge in [-0.05, 0) is 13.3 Å². The second-order valence-electron chi connectivity index (χ2n) is 2.05. The van der Waals surface area contributed by atoms with Crippen molar-refractivity contribution in [3.8, 4) is 0 Å². The average Bonchev–Trinajstić information content (AvgIpc) is 1.84. The molecule has 0 aromatic heterocycles. The molecule has 0 saturated carbocycles. The maximum Gasteiger partial charge on any atom is 0.0817 e. The number of rotatable bonds is 3. The van der Waals surface area contributed by atoms with E-state index >= 15 is 0 Å². The first-order valence-corrected chi connectivity index (χ1v) is 2.94. The third kappa shape index (κ3) is 1.96. The van der Waals surface area contributed by atoms with Crippen molar-refractivity contribution in [1.29, 1.82) is 5.41 Å². The van der Waals surface area contributed by atoms with Gasteiger partial charge in [0.2, 0.25) is 0 Å². The first kappa shape index (κ1) is 7.47. The van der Waals surface area contributed by atoms with Crippen LogP contribution in [0.25, 0.3) is 0 Å². The lowest BCUT2D eigenvalue weighted by molar-refractivity contribution is 0.389. The number of hydrogen-bond donors (Lipinski definition) is 1. The largest absolute Gasteiger partial charge is 0.364 e. The number of nitrogens with one attached hydrogen (secondary N) is 1. The predicted octanol–water partition coefficient (Wildman–Crippen LogP) is 1.32. The van der Waals surface area contributed by atoms with Crippen molar-refractivity contribution in [3.63, 3.8) is 0 Å². The first-order chi connectivity index (χ1) is 3.72. The fourth-order valence-corrected chi connectivity index (χ4v) is 0.415. The molecule has 1 atom stereocenters. The molecule has 0 rings (SSSR count). The maximum absolute atomic E-state index is 6.84. The van der Waals surface area contributed by atoms with E-state index in [4.69, 9.17) is 5.41 Å². The summed E-state index contributed by atoms with van der Waals surface area (Å²) in [6.07, 6.45) is 2.46. The second kappa shape index (κ2) is 3.47. The topological polar surface area (TPSA) is 27.1 Å². The van der Waals surface area contributed by atoms with Gasteiger partial charge < -0.3 is 4.90 Å². The molecule has 0 aromatic carbocycles. The lowest BCUT2D eigenvalue weighted by atomic mass is 10.2. The quantitative estimate of drug-likeness (QED) is 0.435. The summed E-state index contributed by atoms with van der Waals surface area (Å²) in [6, 6.07) is 0.507. The third-order valence-electron chi connectivity index (χ3n) is 1.49. The van der Waals surface area contributed by atoms with Crippen LogP contribution < -0.4 is 0 Å². The Bertz CT molecular complexity index is 70.9. The molecule has 8 heavy (non-hydrogen) atoms. The normalized spacial score (nSPS) is 12.9. The van der Waals surface area contributed by atoms with Crippen LogP contribution in [-0.2, 0) is 0 Å². The fourth-order valence-electron chi connectivity index (χ4n) is 0.415. The Labute approximate surface area is 51.0 Å². The molecular formula is C6H14N2. The van der Waals surface area contributed by atoms with Gasteiger partial charge >= 0.3 is 0 Å². The van der Waals surface area contributed by atoms with E-state index in [2.05, 4.69) is 13.8 Å². The van der Waals surface area contributed by atoms with Gasteiger partial charge in [-0.2, -0.15) is 0 Å². The average molecular weight is 114 g/mol. The van der Waals surface area contributed by atoms with Gasteiger partial charge in [0.15, 0.2) is 0 Å². The molecule has 0 aliphatic heterocycles. The molecule has 0 fully saturated rings. The Balaban J connectivity index is 3.44. The third-order valence-corrected chi connectivity index (χ3v) is 1.49. The first-order valence-electron chi connectivity index (χ1n) is 2.94. The zero-order chi connectivity index (χ0) is 6.57. The van der Waals surface area contributed by atoms with Crippen molar-refractivity contribution in [2.45, 2.75) is 26.3 Å². The van der Waals surface area contributed by atoms with Crippen LogP contribution in [0.15, 0.2) is 0 Å². The monoisotopic (exact) mass is 114 g/mol. The Morgan fingerprint density at radius 3 is 2.38 bits per heavy atom. The molecule has 0 unspecified atom stereocenters. The molecule has 1 N–H and O–H groups in total. The van der Waals surface area contributed by atoms with E-state index in [1.54, 1.807) is 0 Å². The summed E-state index contributed by atoms with van der Waals surface area (Å²) in [7, 11) is 1.92. The minimum absolute atomic E-state index is 0.507. The molecule has 0 saturated heterocycles. The minimum atomic E-state index is 0.507. The van der Waals surface area contributed by atoms with Crippen LogP contribution in [0.1, 0.15) is 20.3 Å². The molecular weight excluding hydrogens is 100 g/mol. The fraction of sp³-hybridized carbons (Fsp3) is 0.833. The molecule has 0 aliphatic rings. The summed E-state index contributed by atoms with van der Waals surface area (Å²) < 4.78 is 0. The zero-order valence-corrected chi connectivity index (χ0v) is 5.81. The van der Waals surface area contributed by atoms with Crippen molar-refractivity contribution >= 4 is 6.34 Å². The summed E-state index contributed by atoms with van der Waals surface area (Å²) in [5.74, 6) is 0. The molecule has 0 spiro atoms. The summed E-state index contributed by atoms with van der Waals surface area (Å²) in [5, 5.41) is 6.84. The van der Waals surface area contributed by atoms with Crippen LogP contribution in [0.5, 0.6) is 0 Å². The number of nitrogens with zero attached hydrogens (tertiary/aromatic N) is 1. The van der Waals surface area contributed by atoms with Crippen molar-refractivity contribution in [3.05, 3.63) is 0 Å². The van der Waals surface area contributed by atoms with E-state index in [0.29, 0.717) is 6.04 Å². The molecule has 48 valence electrons. The highest BCUT2D eigenvalue weighted by Gasteiger charge is 1.98. The highest BCUT2D eigenvalue weighted by molar-refractivity contribution is 5.50. The van der Waals surface area contributed by atoms with Crippen LogP contribution >= 0.6 is 0 Å². The van der Waals surface area contributed by atoms with E-state index < -0.39 is 0 Å². The van der Waals surface area contributed by atoms with Crippen molar-refractivity contribution in [2.75, 3.05) is 7.05 Å². The highest BCUT2D eigenvalue weighted by Crippen LogP contribution is 1.94. The van der Waals surface area contributed by atoms with Crippen molar-refractivity contribution in [1.82, 2.24) is 4.90 Å². The van der Waals surface area contributed by atoms with Crippen LogP contribution in [0.3, 0.4) is 0 Å². The molecule has 0 bridgehead atoms. The van der Waals surface area contributed by atoms with Gasteiger partial charge in [-0.25, -0.2) is 0 Å². The van der Waals surface area contributed by atoms with Gasteiger partial charge in [0, 0.05) is 13.1 Å². The molecule has 2 nitrogen and oxygen atoms in total. The Morgan fingerprint density at radius 2 is 2.25 bits per heavy atom. The summed E-state index contributed by atoms with van der Waals surface area (Å²) in [6.45, 7) is 4.22. The SMILES string of the molecule is CC[C@@H](C)N(C)C=N. The van der Waals surface area contributed by atoms with Gasteiger partial charge in [0.05, 0.1) is 6.34 Å². The molecule has 0 heterocycles. The van der Waals surface area contributed by atoms with Gasteiger partial charge in [0.25, 0.3) is 0 Å². The van der Waals surface area contributed by atoms with Crippen molar-refractivity contribution in [2.24, 2.45) is 0 Å². The van der Waals surface area contributed by atoms with Crippen molar-refractivity contribution < 1.29 is 0 Å². The van der Waals surface area contributed by atoms with Gasteiger partial charge in [-0.1, -0.05) is 6.92 Å². The molecule has 2 heteroatoms. The van der Waals surface area contributed by atoms with Crippen LogP contribution in [0, 0.1) is 5.41 Å². The van der Waals surface area contributed by atoms with E-state index in [0.717, 1.165) is 6.42 Å². The van der Waals surface area contributed by atoms with Crippen LogP contribution in [-0.4, -0.2) is 24.3 Å². The van der Waals surface area contributed by atoms with Crippen LogP contribution in [0.2, 0.25) is 0 Å². The van der Waals surface area contributed by atoms with Gasteiger partial charge in [-0.15, -0.1) is 0 Å². The number of hydrogen-bond acceptors (Lipinski definition) is 1. The van der Waals surface area contributed by atoms with Gasteiger partial charge in [0.1, 0.15) is 0 Å². The Kier molecular flexibility index (Phi) is 3.24. The standard InChI is InChI=1S/C6H14N2/c1-4-6(2)8(3)5-7/h5-7H,4H2,1-3H3/t6-/m1/s1. The van der Waals surface area contributed by atoms with E-state index in [1.807, 2.05) is 11.9 Å². The smallest absolute Gasteiger partial charge is 0.0817 e. The lowest BCUT2D eigenvalue weighted by Crippen LogP contribution is -2.26.